The molecule has 140 valence electrons. The van der Waals surface area contributed by atoms with Crippen LogP contribution in [-0.4, -0.2) is 29.8 Å². The highest BCUT2D eigenvalue weighted by atomic mass is 19.1. The van der Waals surface area contributed by atoms with E-state index in [1.807, 2.05) is 35.2 Å². The Labute approximate surface area is 158 Å². The van der Waals surface area contributed by atoms with Crippen LogP contribution in [0, 0.1) is 11.7 Å². The lowest BCUT2D eigenvalue weighted by atomic mass is 9.90. The highest BCUT2D eigenvalue weighted by molar-refractivity contribution is 5.99. The average molecular weight is 366 g/mol. The first-order valence-corrected chi connectivity index (χ1v) is 9.52. The molecule has 2 heterocycles. The van der Waals surface area contributed by atoms with Crippen molar-refractivity contribution in [1.82, 2.24) is 10.2 Å². The Bertz CT molecular complexity index is 842. The number of nitrogens with zero attached hydrogens (tertiary/aromatic N) is 1. The van der Waals surface area contributed by atoms with Crippen LogP contribution >= 0.6 is 0 Å². The fraction of sp³-hybridized carbons (Fsp3) is 0.364. The quantitative estimate of drug-likeness (QED) is 0.901. The van der Waals surface area contributed by atoms with E-state index in [1.54, 1.807) is 6.07 Å². The van der Waals surface area contributed by atoms with Crippen LogP contribution in [0.4, 0.5) is 4.39 Å². The van der Waals surface area contributed by atoms with Crippen LogP contribution in [0.2, 0.25) is 0 Å². The standard InChI is InChI=1S/C22H23FN2O2/c23-17-7-5-15(6-8-17)13-16-9-11-25(12-10-16)21(26)14-20-18-3-1-2-4-19(18)22(27)24-20/h1-8,16,20H,9-14H2,(H,24,27)/t20-/m1/s1. The van der Waals surface area contributed by atoms with Crippen LogP contribution in [0.1, 0.15) is 46.8 Å². The molecular weight excluding hydrogens is 343 g/mol. The van der Waals surface area contributed by atoms with E-state index in [1.165, 1.54) is 12.1 Å². The highest BCUT2D eigenvalue weighted by Crippen LogP contribution is 2.29. The monoisotopic (exact) mass is 366 g/mol. The molecule has 1 saturated heterocycles. The third-order valence-corrected chi connectivity index (χ3v) is 5.67. The zero-order chi connectivity index (χ0) is 18.8. The maximum absolute atomic E-state index is 13.0. The molecule has 5 heteroatoms. The van der Waals surface area contributed by atoms with Crippen LogP contribution in [-0.2, 0) is 11.2 Å². The molecule has 1 fully saturated rings. The van der Waals surface area contributed by atoms with Crippen molar-refractivity contribution >= 4 is 11.8 Å². The van der Waals surface area contributed by atoms with Gasteiger partial charge in [0.25, 0.3) is 5.91 Å². The number of rotatable bonds is 4. The van der Waals surface area contributed by atoms with Gasteiger partial charge >= 0.3 is 0 Å². The molecule has 4 nitrogen and oxygen atoms in total. The maximum Gasteiger partial charge on any atom is 0.252 e. The van der Waals surface area contributed by atoms with Gasteiger partial charge in [-0.05, 0) is 54.5 Å². The Hall–Kier alpha value is -2.69. The van der Waals surface area contributed by atoms with Crippen molar-refractivity contribution in [3.8, 4) is 0 Å². The van der Waals surface area contributed by atoms with Crippen molar-refractivity contribution in [3.63, 3.8) is 0 Å². The second-order valence-corrected chi connectivity index (χ2v) is 7.47. The van der Waals surface area contributed by atoms with E-state index in [4.69, 9.17) is 0 Å². The van der Waals surface area contributed by atoms with Crippen molar-refractivity contribution in [2.45, 2.75) is 31.7 Å². The SMILES string of the molecule is O=C1N[C@H](CC(=O)N2CCC(Cc3ccc(F)cc3)CC2)c2ccccc21. The number of likely N-dealkylation sites (tertiary alicyclic amines) is 1. The van der Waals surface area contributed by atoms with Gasteiger partial charge in [0, 0.05) is 18.7 Å². The minimum absolute atomic E-state index is 0.0947. The number of carbonyl (C=O) groups is 2. The number of nitrogens with one attached hydrogen (secondary N) is 1. The second-order valence-electron chi connectivity index (χ2n) is 7.47. The number of hydrogen-bond donors (Lipinski definition) is 1. The summed E-state index contributed by atoms with van der Waals surface area (Å²) in [6, 6.07) is 13.9. The normalized spacial score (nSPS) is 19.7. The smallest absolute Gasteiger partial charge is 0.252 e. The molecule has 27 heavy (non-hydrogen) atoms. The minimum atomic E-state index is -0.224. The van der Waals surface area contributed by atoms with Crippen LogP contribution in [0.3, 0.4) is 0 Å². The fourth-order valence-corrected chi connectivity index (χ4v) is 4.13. The first kappa shape index (κ1) is 17.7. The number of fused-ring (bicyclic) bond motifs is 1. The molecule has 2 aromatic rings. The summed E-state index contributed by atoms with van der Waals surface area (Å²) < 4.78 is 13.0. The van der Waals surface area contributed by atoms with Gasteiger partial charge in [0.05, 0.1) is 12.5 Å². The van der Waals surface area contributed by atoms with E-state index in [0.717, 1.165) is 43.5 Å². The molecule has 4 rings (SSSR count). The lowest BCUT2D eigenvalue weighted by Gasteiger charge is -2.32. The largest absolute Gasteiger partial charge is 0.345 e. The van der Waals surface area contributed by atoms with Crippen molar-refractivity contribution in [1.29, 1.82) is 0 Å². The van der Waals surface area contributed by atoms with Crippen LogP contribution < -0.4 is 5.32 Å². The zero-order valence-electron chi connectivity index (χ0n) is 15.2. The molecule has 0 aromatic heterocycles. The summed E-state index contributed by atoms with van der Waals surface area (Å²) in [6.07, 6.45) is 3.15. The molecular formula is C22H23FN2O2. The van der Waals surface area contributed by atoms with E-state index in [0.29, 0.717) is 17.9 Å². The number of halogens is 1. The molecule has 1 N–H and O–H groups in total. The molecule has 0 spiro atoms. The number of hydrogen-bond acceptors (Lipinski definition) is 2. The van der Waals surface area contributed by atoms with Crippen molar-refractivity contribution in [2.75, 3.05) is 13.1 Å². The Kier molecular flexibility index (Phi) is 4.92. The third-order valence-electron chi connectivity index (χ3n) is 5.67. The first-order valence-electron chi connectivity index (χ1n) is 9.52. The third kappa shape index (κ3) is 3.87. The predicted octanol–water partition coefficient (Wildman–Crippen LogP) is 3.48. The van der Waals surface area contributed by atoms with Gasteiger partial charge in [-0.2, -0.15) is 0 Å². The Morgan fingerprint density at radius 3 is 2.52 bits per heavy atom. The van der Waals surface area contributed by atoms with Crippen LogP contribution in [0.15, 0.2) is 48.5 Å². The number of carbonyl (C=O) groups excluding carboxylic acids is 2. The van der Waals surface area contributed by atoms with Gasteiger partial charge in [0.1, 0.15) is 5.82 Å². The zero-order valence-corrected chi connectivity index (χ0v) is 15.2. The van der Waals surface area contributed by atoms with E-state index in [9.17, 15) is 14.0 Å². The van der Waals surface area contributed by atoms with Gasteiger partial charge in [0.15, 0.2) is 0 Å². The lowest BCUT2D eigenvalue weighted by molar-refractivity contribution is -0.133. The molecule has 0 unspecified atom stereocenters. The summed E-state index contributed by atoms with van der Waals surface area (Å²) >= 11 is 0. The molecule has 2 aromatic carbocycles. The highest BCUT2D eigenvalue weighted by Gasteiger charge is 2.32. The minimum Gasteiger partial charge on any atom is -0.345 e. The van der Waals surface area contributed by atoms with E-state index in [-0.39, 0.29) is 23.7 Å². The summed E-state index contributed by atoms with van der Waals surface area (Å²) in [6.45, 7) is 1.49. The first-order chi connectivity index (χ1) is 13.1. The second kappa shape index (κ2) is 7.51. The van der Waals surface area contributed by atoms with Crippen molar-refractivity contribution in [2.24, 2.45) is 5.92 Å². The molecule has 0 bridgehead atoms. The predicted molar refractivity (Wildman–Crippen MR) is 101 cm³/mol. The topological polar surface area (TPSA) is 49.4 Å². The van der Waals surface area contributed by atoms with Gasteiger partial charge in [-0.3, -0.25) is 9.59 Å². The molecule has 2 aliphatic heterocycles. The van der Waals surface area contributed by atoms with Crippen molar-refractivity contribution in [3.05, 3.63) is 71.0 Å². The van der Waals surface area contributed by atoms with E-state index >= 15 is 0 Å². The number of amides is 2. The summed E-state index contributed by atoms with van der Waals surface area (Å²) in [5.41, 5.74) is 2.74. The van der Waals surface area contributed by atoms with Gasteiger partial charge < -0.3 is 10.2 Å². The van der Waals surface area contributed by atoms with Crippen LogP contribution in [0.5, 0.6) is 0 Å². The van der Waals surface area contributed by atoms with E-state index in [2.05, 4.69) is 5.32 Å². The Balaban J connectivity index is 1.30. The molecule has 0 aliphatic carbocycles. The molecule has 0 saturated carbocycles. The van der Waals surface area contributed by atoms with Crippen molar-refractivity contribution < 1.29 is 14.0 Å². The van der Waals surface area contributed by atoms with Gasteiger partial charge in [0.2, 0.25) is 5.91 Å². The van der Waals surface area contributed by atoms with E-state index < -0.39 is 0 Å². The Morgan fingerprint density at radius 1 is 1.07 bits per heavy atom. The maximum atomic E-state index is 13.0. The summed E-state index contributed by atoms with van der Waals surface area (Å²) in [4.78, 5) is 26.6. The molecule has 0 radical (unpaired) electrons. The summed E-state index contributed by atoms with van der Waals surface area (Å²) in [5, 5.41) is 2.92. The van der Waals surface area contributed by atoms with Gasteiger partial charge in [-0.25, -0.2) is 4.39 Å². The molecule has 2 aliphatic rings. The Morgan fingerprint density at radius 2 is 1.78 bits per heavy atom. The summed E-state index contributed by atoms with van der Waals surface area (Å²) in [7, 11) is 0. The van der Waals surface area contributed by atoms with Crippen LogP contribution in [0.25, 0.3) is 0 Å². The molecule has 2 amide bonds. The molecule has 1 atom stereocenters. The fourth-order valence-electron chi connectivity index (χ4n) is 4.13. The average Bonchev–Trinajstić information content (AvgIpc) is 3.00. The summed E-state index contributed by atoms with van der Waals surface area (Å²) in [5.74, 6) is 0.310. The number of benzene rings is 2. The lowest BCUT2D eigenvalue weighted by Crippen LogP contribution is -2.40. The van der Waals surface area contributed by atoms with Gasteiger partial charge in [-0.15, -0.1) is 0 Å². The number of piperidine rings is 1. The van der Waals surface area contributed by atoms with Gasteiger partial charge in [-0.1, -0.05) is 30.3 Å².